The van der Waals surface area contributed by atoms with Gasteiger partial charge in [-0.15, -0.1) is 10.2 Å². The van der Waals surface area contributed by atoms with Gasteiger partial charge < -0.3 is 9.15 Å². The summed E-state index contributed by atoms with van der Waals surface area (Å²) in [6.45, 7) is 6.38. The molecule has 0 saturated heterocycles. The van der Waals surface area contributed by atoms with Crippen LogP contribution in [0, 0.1) is 6.92 Å². The number of esters is 1. The minimum atomic E-state index is -0.688. The van der Waals surface area contributed by atoms with E-state index in [1.165, 1.54) is 0 Å². The number of fused-ring (bicyclic) bond motifs is 1. The summed E-state index contributed by atoms with van der Waals surface area (Å²) >= 11 is 0. The molecule has 160 valence electrons. The molecule has 0 aliphatic carbocycles. The molecule has 1 atom stereocenters. The number of imidazole rings is 1. The first-order valence-corrected chi connectivity index (χ1v) is 10.3. The predicted molar refractivity (Wildman–Crippen MR) is 115 cm³/mol. The monoisotopic (exact) mass is 420 g/mol. The zero-order valence-electron chi connectivity index (χ0n) is 17.7. The molecule has 2 heterocycles. The van der Waals surface area contributed by atoms with Gasteiger partial charge in [0, 0.05) is 18.7 Å². The number of rotatable bonds is 7. The third-order valence-corrected chi connectivity index (χ3v) is 5.14. The topological polar surface area (TPSA) is 92.2 Å². The molecule has 2 aromatic heterocycles. The van der Waals surface area contributed by atoms with Crippen LogP contribution in [0.25, 0.3) is 22.5 Å². The molecule has 1 unspecified atom stereocenters. The fourth-order valence-electron chi connectivity index (χ4n) is 3.60. The van der Waals surface area contributed by atoms with Crippen molar-refractivity contribution in [1.29, 1.82) is 0 Å². The highest BCUT2D eigenvalue weighted by molar-refractivity contribution is 5.76. The predicted octanol–water partition coefficient (Wildman–Crippen LogP) is 3.88. The fourth-order valence-corrected chi connectivity index (χ4v) is 3.60. The van der Waals surface area contributed by atoms with Crippen molar-refractivity contribution in [3.63, 3.8) is 0 Å². The standard InChI is InChI=1S/C23H24N4O4/c1-4-26-18-10-5-6-11-19(18)27(23(26)29)13-12-20(28)30-16(3)21-24-25-22(31-21)17-9-7-8-15(2)14-17/h5-11,14,16H,4,12-13H2,1-3H3. The lowest BCUT2D eigenvalue weighted by Crippen LogP contribution is -2.25. The van der Waals surface area contributed by atoms with Gasteiger partial charge in [0.25, 0.3) is 5.89 Å². The van der Waals surface area contributed by atoms with Crippen molar-refractivity contribution in [1.82, 2.24) is 19.3 Å². The molecule has 0 spiro atoms. The summed E-state index contributed by atoms with van der Waals surface area (Å²) in [7, 11) is 0. The van der Waals surface area contributed by atoms with Crippen LogP contribution >= 0.6 is 0 Å². The van der Waals surface area contributed by atoms with Gasteiger partial charge in [-0.1, -0.05) is 29.8 Å². The van der Waals surface area contributed by atoms with Gasteiger partial charge in [-0.2, -0.15) is 0 Å². The maximum atomic E-state index is 12.7. The number of ether oxygens (including phenoxy) is 1. The van der Waals surface area contributed by atoms with Crippen molar-refractivity contribution in [2.24, 2.45) is 0 Å². The molecule has 4 rings (SSSR count). The van der Waals surface area contributed by atoms with E-state index in [-0.39, 0.29) is 24.5 Å². The first kappa shape index (κ1) is 20.6. The first-order chi connectivity index (χ1) is 15.0. The number of aromatic nitrogens is 4. The average Bonchev–Trinajstić information content (AvgIpc) is 3.35. The molecule has 8 heteroatoms. The van der Waals surface area contributed by atoms with Gasteiger partial charge in [-0.25, -0.2) is 4.79 Å². The Morgan fingerprint density at radius 2 is 1.84 bits per heavy atom. The van der Waals surface area contributed by atoms with E-state index in [0.717, 1.165) is 22.2 Å². The van der Waals surface area contributed by atoms with Gasteiger partial charge in [0.1, 0.15) is 0 Å². The lowest BCUT2D eigenvalue weighted by atomic mass is 10.1. The van der Waals surface area contributed by atoms with Crippen LogP contribution in [0.1, 0.15) is 37.8 Å². The summed E-state index contributed by atoms with van der Waals surface area (Å²) < 4.78 is 14.4. The van der Waals surface area contributed by atoms with E-state index in [1.807, 2.05) is 62.4 Å². The van der Waals surface area contributed by atoms with Crippen molar-refractivity contribution < 1.29 is 13.9 Å². The van der Waals surface area contributed by atoms with Gasteiger partial charge in [0.15, 0.2) is 6.10 Å². The normalized spacial score (nSPS) is 12.2. The van der Waals surface area contributed by atoms with Crippen LogP contribution in [0.5, 0.6) is 0 Å². The molecule has 31 heavy (non-hydrogen) atoms. The van der Waals surface area contributed by atoms with Crippen molar-refractivity contribution in [2.45, 2.75) is 46.4 Å². The first-order valence-electron chi connectivity index (χ1n) is 10.3. The van der Waals surface area contributed by atoms with Gasteiger partial charge in [0.2, 0.25) is 5.89 Å². The van der Waals surface area contributed by atoms with E-state index in [9.17, 15) is 9.59 Å². The smallest absolute Gasteiger partial charge is 0.329 e. The molecule has 2 aromatic carbocycles. The van der Waals surface area contributed by atoms with Crippen molar-refractivity contribution in [2.75, 3.05) is 0 Å². The van der Waals surface area contributed by atoms with Crippen LogP contribution in [0.15, 0.2) is 57.7 Å². The highest BCUT2D eigenvalue weighted by atomic mass is 16.6. The molecule has 0 bridgehead atoms. The molecule has 0 aliphatic heterocycles. The Hall–Kier alpha value is -3.68. The number of benzene rings is 2. The zero-order valence-corrected chi connectivity index (χ0v) is 17.7. The lowest BCUT2D eigenvalue weighted by molar-refractivity contribution is -0.149. The molecule has 0 radical (unpaired) electrons. The number of para-hydroxylation sites is 2. The summed E-state index contributed by atoms with van der Waals surface area (Å²) in [4.78, 5) is 25.1. The zero-order chi connectivity index (χ0) is 22.0. The van der Waals surface area contributed by atoms with Gasteiger partial charge in [-0.3, -0.25) is 13.9 Å². The Labute approximate surface area is 179 Å². The third kappa shape index (κ3) is 4.14. The molecule has 0 saturated carbocycles. The Morgan fingerprint density at radius 3 is 2.55 bits per heavy atom. The lowest BCUT2D eigenvalue weighted by Gasteiger charge is -2.09. The average molecular weight is 420 g/mol. The Kier molecular flexibility index (Phi) is 5.70. The second kappa shape index (κ2) is 8.59. The maximum Gasteiger partial charge on any atom is 0.329 e. The largest absolute Gasteiger partial charge is 0.453 e. The van der Waals surface area contributed by atoms with Gasteiger partial charge in [0.05, 0.1) is 17.5 Å². The van der Waals surface area contributed by atoms with Crippen LogP contribution in [0.2, 0.25) is 0 Å². The van der Waals surface area contributed by atoms with Crippen molar-refractivity contribution in [3.05, 3.63) is 70.5 Å². The minimum absolute atomic E-state index is 0.0564. The molecule has 0 fully saturated rings. The van der Waals surface area contributed by atoms with Crippen LogP contribution in [-0.2, 0) is 22.6 Å². The molecular weight excluding hydrogens is 396 g/mol. The number of nitrogens with zero attached hydrogens (tertiary/aromatic N) is 4. The summed E-state index contributed by atoms with van der Waals surface area (Å²) in [6, 6.07) is 15.3. The maximum absolute atomic E-state index is 12.7. The number of carbonyl (C=O) groups excluding carboxylic acids is 1. The van der Waals surface area contributed by atoms with Gasteiger partial charge in [-0.05, 0) is 45.0 Å². The minimum Gasteiger partial charge on any atom is -0.453 e. The fraction of sp³-hybridized carbons (Fsp3) is 0.304. The Morgan fingerprint density at radius 1 is 1.10 bits per heavy atom. The quantitative estimate of drug-likeness (QED) is 0.421. The summed E-state index contributed by atoms with van der Waals surface area (Å²) in [6.07, 6.45) is -0.631. The second-order valence-corrected chi connectivity index (χ2v) is 7.36. The second-order valence-electron chi connectivity index (χ2n) is 7.36. The van der Waals surface area contributed by atoms with E-state index in [1.54, 1.807) is 16.1 Å². The van der Waals surface area contributed by atoms with E-state index in [0.29, 0.717) is 12.4 Å². The van der Waals surface area contributed by atoms with Crippen molar-refractivity contribution in [3.8, 4) is 11.5 Å². The van der Waals surface area contributed by atoms with E-state index >= 15 is 0 Å². The molecule has 0 N–H and O–H groups in total. The Bertz CT molecular complexity index is 1280. The van der Waals surface area contributed by atoms with Crippen LogP contribution in [0.3, 0.4) is 0 Å². The molecule has 0 aliphatic rings. The number of hydrogen-bond acceptors (Lipinski definition) is 6. The van der Waals surface area contributed by atoms with Crippen LogP contribution in [-0.4, -0.2) is 25.3 Å². The summed E-state index contributed by atoms with van der Waals surface area (Å²) in [5.74, 6) is 0.160. The van der Waals surface area contributed by atoms with E-state index < -0.39 is 12.1 Å². The molecule has 4 aromatic rings. The molecule has 8 nitrogen and oxygen atoms in total. The highest BCUT2D eigenvalue weighted by Gasteiger charge is 2.20. The molecular formula is C23H24N4O4. The third-order valence-electron chi connectivity index (χ3n) is 5.14. The molecule has 0 amide bonds. The van der Waals surface area contributed by atoms with Crippen LogP contribution < -0.4 is 5.69 Å². The summed E-state index contributed by atoms with van der Waals surface area (Å²) in [5, 5.41) is 8.06. The Balaban J connectivity index is 1.43. The number of hydrogen-bond donors (Lipinski definition) is 0. The van der Waals surface area contributed by atoms with E-state index in [2.05, 4.69) is 10.2 Å². The highest BCUT2D eigenvalue weighted by Crippen LogP contribution is 2.23. The van der Waals surface area contributed by atoms with Crippen LogP contribution in [0.4, 0.5) is 0 Å². The van der Waals surface area contributed by atoms with Gasteiger partial charge >= 0.3 is 11.7 Å². The number of aryl methyl sites for hydroxylation is 3. The SMILES string of the molecule is CCn1c(=O)n(CCC(=O)OC(C)c2nnc(-c3cccc(C)c3)o2)c2ccccc21. The number of carbonyl (C=O) groups is 1. The summed E-state index contributed by atoms with van der Waals surface area (Å²) in [5.41, 5.74) is 3.41. The van der Waals surface area contributed by atoms with E-state index in [4.69, 9.17) is 9.15 Å². The van der Waals surface area contributed by atoms with Crippen molar-refractivity contribution >= 4 is 17.0 Å².